The van der Waals surface area contributed by atoms with Gasteiger partial charge in [-0.15, -0.1) is 0 Å². The van der Waals surface area contributed by atoms with Crippen LogP contribution in [0.3, 0.4) is 0 Å². The molecular weight excluding hydrogens is 305 g/mol. The molecule has 1 spiro atoms. The van der Waals surface area contributed by atoms with E-state index in [0.717, 1.165) is 16.4 Å². The Morgan fingerprint density at radius 1 is 1.53 bits per heavy atom. The molecule has 2 aliphatic heterocycles. The van der Waals surface area contributed by atoms with Crippen LogP contribution in [0.25, 0.3) is 0 Å². The number of halogens is 1. The van der Waals surface area contributed by atoms with E-state index in [1.807, 2.05) is 18.3 Å². The molecule has 2 N–H and O–H groups in total. The Hall–Kier alpha value is -0.690. The zero-order chi connectivity index (χ0) is 10.3. The van der Waals surface area contributed by atoms with Crippen molar-refractivity contribution in [2.45, 2.75) is 12.0 Å². The van der Waals surface area contributed by atoms with Crippen LogP contribution in [0.5, 0.6) is 0 Å². The van der Waals surface area contributed by atoms with Gasteiger partial charge in [-0.25, -0.2) is 0 Å². The van der Waals surface area contributed by atoms with E-state index < -0.39 is 5.54 Å². The van der Waals surface area contributed by atoms with E-state index in [0.29, 0.717) is 6.67 Å². The first kappa shape index (κ1) is 9.53. The van der Waals surface area contributed by atoms with E-state index in [4.69, 9.17) is 0 Å². The van der Waals surface area contributed by atoms with Crippen molar-refractivity contribution in [3.8, 4) is 0 Å². The Morgan fingerprint density at radius 3 is 3.27 bits per heavy atom. The second-order valence-electron chi connectivity index (χ2n) is 3.68. The van der Waals surface area contributed by atoms with Crippen LogP contribution in [-0.4, -0.2) is 22.0 Å². The SMILES string of the molecule is O=C1NCNC12CC[I-]c1ncccc12. The molecular formula is C10H11IN3O-. The Bertz CT molecular complexity index is 423. The molecule has 5 heteroatoms. The molecule has 1 fully saturated rings. The summed E-state index contributed by atoms with van der Waals surface area (Å²) >= 11 is 0.000418. The standard InChI is InChI=1S/C10H11IN3O/c15-9-10(14-6-13-9)3-4-11-8-7(10)2-1-5-12-8/h1-2,5,14H,3-4,6H2,(H,13,15)/q-1. The zero-order valence-electron chi connectivity index (χ0n) is 8.09. The minimum atomic E-state index is -0.471. The van der Waals surface area contributed by atoms with Gasteiger partial charge in [-0.3, -0.25) is 0 Å². The van der Waals surface area contributed by atoms with Gasteiger partial charge in [0.15, 0.2) is 0 Å². The number of carbonyl (C=O) groups excluding carboxylic acids is 1. The molecule has 0 radical (unpaired) electrons. The molecule has 1 aromatic rings. The normalized spacial score (nSPS) is 29.5. The van der Waals surface area contributed by atoms with Gasteiger partial charge >= 0.3 is 98.2 Å². The molecule has 3 rings (SSSR count). The summed E-state index contributed by atoms with van der Waals surface area (Å²) in [4.78, 5) is 16.3. The summed E-state index contributed by atoms with van der Waals surface area (Å²) in [5, 5.41) is 6.15. The van der Waals surface area contributed by atoms with E-state index in [1.54, 1.807) is 0 Å². The Morgan fingerprint density at radius 2 is 2.47 bits per heavy atom. The Balaban J connectivity index is 2.16. The van der Waals surface area contributed by atoms with E-state index in [2.05, 4.69) is 15.6 Å². The number of pyridine rings is 1. The van der Waals surface area contributed by atoms with Crippen LogP contribution < -0.4 is 31.8 Å². The summed E-state index contributed by atoms with van der Waals surface area (Å²) in [6.45, 7) is 0.575. The van der Waals surface area contributed by atoms with Gasteiger partial charge in [0.05, 0.1) is 0 Å². The van der Waals surface area contributed by atoms with Crippen LogP contribution in [0, 0.1) is 3.70 Å². The number of nitrogens with zero attached hydrogens (tertiary/aromatic N) is 1. The molecule has 1 unspecified atom stereocenters. The number of amides is 1. The fourth-order valence-corrected chi connectivity index (χ4v) is 5.15. The van der Waals surface area contributed by atoms with Crippen molar-refractivity contribution in [2.24, 2.45) is 0 Å². The average molecular weight is 316 g/mol. The van der Waals surface area contributed by atoms with Gasteiger partial charge in [0.2, 0.25) is 0 Å². The van der Waals surface area contributed by atoms with Crippen molar-refractivity contribution < 1.29 is 26.0 Å². The third-order valence-corrected chi connectivity index (χ3v) is 5.60. The fraction of sp³-hybridized carbons (Fsp3) is 0.400. The maximum atomic E-state index is 11.9. The minimum absolute atomic E-state index is 0.000418. The van der Waals surface area contributed by atoms with E-state index in [9.17, 15) is 4.79 Å². The van der Waals surface area contributed by atoms with Crippen molar-refractivity contribution in [3.63, 3.8) is 0 Å². The molecule has 0 aromatic carbocycles. The van der Waals surface area contributed by atoms with Crippen LogP contribution in [0.1, 0.15) is 12.0 Å². The summed E-state index contributed by atoms with van der Waals surface area (Å²) in [5.74, 6) is 0.112. The summed E-state index contributed by atoms with van der Waals surface area (Å²) in [6.07, 6.45) is 2.75. The molecule has 0 saturated carbocycles. The average Bonchev–Trinajstić information content (AvgIpc) is 2.62. The Labute approximate surface area is 98.1 Å². The second-order valence-corrected chi connectivity index (χ2v) is 6.54. The van der Waals surface area contributed by atoms with Gasteiger partial charge in [-0.1, -0.05) is 0 Å². The van der Waals surface area contributed by atoms with Crippen molar-refractivity contribution in [3.05, 3.63) is 27.6 Å². The zero-order valence-corrected chi connectivity index (χ0v) is 10.2. The van der Waals surface area contributed by atoms with Crippen molar-refractivity contribution in [1.29, 1.82) is 0 Å². The van der Waals surface area contributed by atoms with E-state index in [1.165, 1.54) is 3.70 Å². The van der Waals surface area contributed by atoms with Gasteiger partial charge < -0.3 is 0 Å². The number of carbonyl (C=O) groups is 1. The number of nitrogens with one attached hydrogen (secondary N) is 2. The molecule has 1 aromatic heterocycles. The molecule has 1 saturated heterocycles. The van der Waals surface area contributed by atoms with Crippen molar-refractivity contribution in [1.82, 2.24) is 15.6 Å². The fourth-order valence-electron chi connectivity index (χ4n) is 2.15. The third-order valence-electron chi connectivity index (χ3n) is 2.94. The van der Waals surface area contributed by atoms with Crippen LogP contribution >= 0.6 is 0 Å². The van der Waals surface area contributed by atoms with Crippen molar-refractivity contribution in [2.75, 3.05) is 11.1 Å². The predicted octanol–water partition coefficient (Wildman–Crippen LogP) is -3.38. The van der Waals surface area contributed by atoms with Gasteiger partial charge in [-0.2, -0.15) is 0 Å². The molecule has 15 heavy (non-hydrogen) atoms. The van der Waals surface area contributed by atoms with Gasteiger partial charge in [-0.05, 0) is 0 Å². The van der Waals surface area contributed by atoms with Gasteiger partial charge in [0.1, 0.15) is 0 Å². The maximum absolute atomic E-state index is 11.9. The Kier molecular flexibility index (Phi) is 2.17. The first-order chi connectivity index (χ1) is 7.33. The number of rotatable bonds is 0. The molecule has 3 heterocycles. The number of aromatic nitrogens is 1. The van der Waals surface area contributed by atoms with Crippen LogP contribution in [0.2, 0.25) is 0 Å². The third kappa shape index (κ3) is 1.29. The quantitative estimate of drug-likeness (QED) is 0.298. The molecule has 0 aliphatic carbocycles. The summed E-state index contributed by atoms with van der Waals surface area (Å²) < 4.78 is 2.30. The summed E-state index contributed by atoms with van der Waals surface area (Å²) in [5.41, 5.74) is 0.640. The molecule has 4 nitrogen and oxygen atoms in total. The first-order valence-corrected chi connectivity index (χ1v) is 7.51. The molecule has 1 amide bonds. The van der Waals surface area contributed by atoms with Gasteiger partial charge in [0, 0.05) is 0 Å². The van der Waals surface area contributed by atoms with Crippen LogP contribution in [0.15, 0.2) is 18.3 Å². The van der Waals surface area contributed by atoms with E-state index >= 15 is 0 Å². The number of alkyl halides is 1. The number of hydrogen-bond acceptors (Lipinski definition) is 3. The topological polar surface area (TPSA) is 54.0 Å². The second kappa shape index (κ2) is 3.41. The van der Waals surface area contributed by atoms with E-state index in [-0.39, 0.29) is 27.1 Å². The first-order valence-electron chi connectivity index (χ1n) is 4.91. The number of hydrogen-bond donors (Lipinski definition) is 2. The monoisotopic (exact) mass is 316 g/mol. The van der Waals surface area contributed by atoms with Gasteiger partial charge in [0.25, 0.3) is 0 Å². The number of fused-ring (bicyclic) bond motifs is 2. The summed E-state index contributed by atoms with van der Waals surface area (Å²) in [7, 11) is 0. The summed E-state index contributed by atoms with van der Waals surface area (Å²) in [6, 6.07) is 3.96. The van der Waals surface area contributed by atoms with Crippen LogP contribution in [-0.2, 0) is 10.3 Å². The van der Waals surface area contributed by atoms with Crippen LogP contribution in [0.4, 0.5) is 0 Å². The molecule has 1 atom stereocenters. The molecule has 80 valence electrons. The van der Waals surface area contributed by atoms with Crippen molar-refractivity contribution >= 4 is 5.91 Å². The molecule has 2 aliphatic rings. The predicted molar refractivity (Wildman–Crippen MR) is 50.2 cm³/mol. The molecule has 0 bridgehead atoms.